The Morgan fingerprint density at radius 3 is 2.88 bits per heavy atom. The zero-order valence-corrected chi connectivity index (χ0v) is 14.9. The third-order valence-electron chi connectivity index (χ3n) is 5.47. The molecule has 1 aromatic heterocycles. The molecule has 0 radical (unpaired) electrons. The minimum atomic E-state index is -0.0382. The van der Waals surface area contributed by atoms with Crippen molar-refractivity contribution in [2.75, 3.05) is 25.0 Å². The standard InChI is InChI=1S/C19H25N5O2/c1-13-10-21-23-18(13)14-5-7-24(8-6-14)19(25)22-16-4-2-3-15(9-16)17-11-20-12-26-17/h2-4,9,11-14,18,21,23H,5-8,10H2,1H3,(H,22,25). The quantitative estimate of drug-likeness (QED) is 0.789. The van der Waals surface area contributed by atoms with Crippen LogP contribution in [0.2, 0.25) is 0 Å². The Morgan fingerprint density at radius 2 is 2.19 bits per heavy atom. The Kier molecular flexibility index (Phi) is 4.90. The molecule has 3 heterocycles. The number of rotatable bonds is 3. The maximum absolute atomic E-state index is 12.6. The molecule has 3 N–H and O–H groups in total. The summed E-state index contributed by atoms with van der Waals surface area (Å²) in [6.07, 6.45) is 5.14. The van der Waals surface area contributed by atoms with E-state index in [9.17, 15) is 4.79 Å². The summed E-state index contributed by atoms with van der Waals surface area (Å²) < 4.78 is 5.32. The Labute approximate surface area is 153 Å². The molecule has 2 unspecified atom stereocenters. The van der Waals surface area contributed by atoms with E-state index in [0.29, 0.717) is 23.6 Å². The maximum atomic E-state index is 12.6. The van der Waals surface area contributed by atoms with Crippen molar-refractivity contribution < 1.29 is 9.21 Å². The van der Waals surface area contributed by atoms with E-state index >= 15 is 0 Å². The van der Waals surface area contributed by atoms with Crippen LogP contribution in [-0.2, 0) is 0 Å². The van der Waals surface area contributed by atoms with Crippen molar-refractivity contribution in [3.8, 4) is 11.3 Å². The fourth-order valence-corrected chi connectivity index (χ4v) is 3.96. The summed E-state index contributed by atoms with van der Waals surface area (Å²) in [7, 11) is 0. The molecule has 1 aromatic carbocycles. The molecule has 2 aliphatic rings. The van der Waals surface area contributed by atoms with E-state index in [1.807, 2.05) is 29.2 Å². The van der Waals surface area contributed by atoms with Crippen molar-refractivity contribution in [1.82, 2.24) is 20.7 Å². The van der Waals surface area contributed by atoms with Crippen LogP contribution < -0.4 is 16.2 Å². The largest absolute Gasteiger partial charge is 0.444 e. The van der Waals surface area contributed by atoms with Gasteiger partial charge in [0.2, 0.25) is 0 Å². The molecule has 26 heavy (non-hydrogen) atoms. The van der Waals surface area contributed by atoms with Crippen molar-refractivity contribution in [3.05, 3.63) is 36.9 Å². The first-order valence-corrected chi connectivity index (χ1v) is 9.24. The van der Waals surface area contributed by atoms with E-state index in [0.717, 1.165) is 43.7 Å². The Balaban J connectivity index is 1.34. The number of hydrogen-bond acceptors (Lipinski definition) is 5. The number of oxazole rings is 1. The van der Waals surface area contributed by atoms with Gasteiger partial charge < -0.3 is 14.6 Å². The number of hydrazine groups is 1. The number of nitrogens with zero attached hydrogens (tertiary/aromatic N) is 2. The van der Waals surface area contributed by atoms with Crippen LogP contribution >= 0.6 is 0 Å². The Bertz CT molecular complexity index is 740. The predicted molar refractivity (Wildman–Crippen MR) is 99.3 cm³/mol. The third kappa shape index (κ3) is 3.59. The van der Waals surface area contributed by atoms with E-state index in [2.05, 4.69) is 28.1 Å². The van der Waals surface area contributed by atoms with Crippen molar-refractivity contribution in [2.45, 2.75) is 25.8 Å². The number of amides is 2. The van der Waals surface area contributed by atoms with Gasteiger partial charge in [-0.3, -0.25) is 10.9 Å². The second-order valence-electron chi connectivity index (χ2n) is 7.23. The van der Waals surface area contributed by atoms with Crippen LogP contribution in [0.25, 0.3) is 11.3 Å². The van der Waals surface area contributed by atoms with Crippen LogP contribution in [0.5, 0.6) is 0 Å². The van der Waals surface area contributed by atoms with Crippen molar-refractivity contribution in [3.63, 3.8) is 0 Å². The lowest BCUT2D eigenvalue weighted by Gasteiger charge is -2.35. The molecule has 2 amide bonds. The number of anilines is 1. The van der Waals surface area contributed by atoms with Gasteiger partial charge in [0.25, 0.3) is 0 Å². The van der Waals surface area contributed by atoms with E-state index < -0.39 is 0 Å². The smallest absolute Gasteiger partial charge is 0.321 e. The number of carbonyl (C=O) groups is 1. The van der Waals surface area contributed by atoms with Gasteiger partial charge in [0.05, 0.1) is 6.20 Å². The molecule has 7 nitrogen and oxygen atoms in total. The Hall–Kier alpha value is -2.38. The van der Waals surface area contributed by atoms with Crippen molar-refractivity contribution in [2.24, 2.45) is 11.8 Å². The second-order valence-corrected chi connectivity index (χ2v) is 7.23. The molecule has 7 heteroatoms. The average Bonchev–Trinajstić information content (AvgIpc) is 3.34. The first kappa shape index (κ1) is 17.1. The van der Waals surface area contributed by atoms with Crippen LogP contribution in [-0.4, -0.2) is 41.6 Å². The van der Waals surface area contributed by atoms with E-state index in [-0.39, 0.29) is 6.03 Å². The number of piperidine rings is 1. The highest BCUT2D eigenvalue weighted by molar-refractivity contribution is 5.90. The molecule has 0 bridgehead atoms. The lowest BCUT2D eigenvalue weighted by Crippen LogP contribution is -2.46. The highest BCUT2D eigenvalue weighted by atomic mass is 16.3. The molecule has 2 aromatic rings. The summed E-state index contributed by atoms with van der Waals surface area (Å²) in [5.74, 6) is 1.95. The lowest BCUT2D eigenvalue weighted by molar-refractivity contribution is 0.162. The molecular weight excluding hydrogens is 330 g/mol. The number of nitrogens with one attached hydrogen (secondary N) is 3. The normalized spacial score (nSPS) is 24.0. The monoisotopic (exact) mass is 355 g/mol. The van der Waals surface area contributed by atoms with Gasteiger partial charge in [0.1, 0.15) is 0 Å². The van der Waals surface area contributed by atoms with Gasteiger partial charge in [-0.15, -0.1) is 0 Å². The highest BCUT2D eigenvalue weighted by Crippen LogP contribution is 2.27. The second kappa shape index (κ2) is 7.47. The molecule has 0 aliphatic carbocycles. The van der Waals surface area contributed by atoms with E-state index in [1.54, 1.807) is 6.20 Å². The molecule has 0 saturated carbocycles. The fraction of sp³-hybridized carbons (Fsp3) is 0.474. The number of carbonyl (C=O) groups excluding carboxylic acids is 1. The lowest BCUT2D eigenvalue weighted by atomic mass is 9.84. The SMILES string of the molecule is CC1CNNC1C1CCN(C(=O)Nc2cccc(-c3cnco3)c2)CC1. The summed E-state index contributed by atoms with van der Waals surface area (Å²) in [6.45, 7) is 4.89. The summed E-state index contributed by atoms with van der Waals surface area (Å²) in [5.41, 5.74) is 8.31. The molecule has 2 atom stereocenters. The number of hydrogen-bond donors (Lipinski definition) is 3. The van der Waals surface area contributed by atoms with Gasteiger partial charge in [0, 0.05) is 36.9 Å². The van der Waals surface area contributed by atoms with Crippen LogP contribution in [0.4, 0.5) is 10.5 Å². The summed E-state index contributed by atoms with van der Waals surface area (Å²) >= 11 is 0. The fourth-order valence-electron chi connectivity index (χ4n) is 3.96. The van der Waals surface area contributed by atoms with Gasteiger partial charge in [-0.25, -0.2) is 9.78 Å². The first-order chi connectivity index (χ1) is 12.7. The third-order valence-corrected chi connectivity index (χ3v) is 5.47. The van der Waals surface area contributed by atoms with Gasteiger partial charge >= 0.3 is 6.03 Å². The topological polar surface area (TPSA) is 82.4 Å². The van der Waals surface area contributed by atoms with Gasteiger partial charge in [-0.2, -0.15) is 0 Å². The zero-order chi connectivity index (χ0) is 17.9. The van der Waals surface area contributed by atoms with E-state index in [1.165, 1.54) is 6.39 Å². The minimum Gasteiger partial charge on any atom is -0.444 e. The molecule has 4 rings (SSSR count). The van der Waals surface area contributed by atoms with Crippen LogP contribution in [0, 0.1) is 11.8 Å². The predicted octanol–water partition coefficient (Wildman–Crippen LogP) is 2.70. The average molecular weight is 355 g/mol. The number of urea groups is 1. The number of benzene rings is 1. The zero-order valence-electron chi connectivity index (χ0n) is 14.9. The summed E-state index contributed by atoms with van der Waals surface area (Å²) in [5, 5.41) is 3.00. The number of likely N-dealkylation sites (tertiary alicyclic amines) is 1. The molecule has 2 fully saturated rings. The van der Waals surface area contributed by atoms with Crippen molar-refractivity contribution in [1.29, 1.82) is 0 Å². The van der Waals surface area contributed by atoms with Gasteiger partial charge in [-0.05, 0) is 36.8 Å². The summed E-state index contributed by atoms with van der Waals surface area (Å²) in [4.78, 5) is 18.5. The van der Waals surface area contributed by atoms with Crippen molar-refractivity contribution >= 4 is 11.7 Å². The molecule has 0 spiro atoms. The number of aromatic nitrogens is 1. The van der Waals surface area contributed by atoms with Crippen LogP contribution in [0.3, 0.4) is 0 Å². The molecular formula is C19H25N5O2. The van der Waals surface area contributed by atoms with Crippen LogP contribution in [0.15, 0.2) is 41.3 Å². The van der Waals surface area contributed by atoms with Gasteiger partial charge in [0.15, 0.2) is 12.2 Å². The summed E-state index contributed by atoms with van der Waals surface area (Å²) in [6, 6.07) is 8.11. The van der Waals surface area contributed by atoms with Crippen LogP contribution in [0.1, 0.15) is 19.8 Å². The highest BCUT2D eigenvalue weighted by Gasteiger charge is 2.33. The molecule has 138 valence electrons. The maximum Gasteiger partial charge on any atom is 0.321 e. The minimum absolute atomic E-state index is 0.0382. The van der Waals surface area contributed by atoms with Gasteiger partial charge in [-0.1, -0.05) is 19.1 Å². The van der Waals surface area contributed by atoms with E-state index in [4.69, 9.17) is 4.42 Å². The molecule has 2 aliphatic heterocycles. The Morgan fingerprint density at radius 1 is 1.35 bits per heavy atom. The molecule has 2 saturated heterocycles. The first-order valence-electron chi connectivity index (χ1n) is 9.24.